The van der Waals surface area contributed by atoms with E-state index in [1.807, 2.05) is 11.8 Å². The van der Waals surface area contributed by atoms with E-state index in [-0.39, 0.29) is 0 Å². The van der Waals surface area contributed by atoms with Crippen molar-refractivity contribution >= 4 is 33.8 Å². The van der Waals surface area contributed by atoms with Crippen LogP contribution in [-0.2, 0) is 6.42 Å². The summed E-state index contributed by atoms with van der Waals surface area (Å²) < 4.78 is 1.21. The molecule has 0 bridgehead atoms. The minimum absolute atomic E-state index is 1.11. The number of halogens is 1. The molecule has 1 aromatic carbocycles. The van der Waals surface area contributed by atoms with E-state index < -0.39 is 0 Å². The summed E-state index contributed by atoms with van der Waals surface area (Å²) in [7, 11) is 0. The average molecular weight is 241 g/mol. The second-order valence-electron chi connectivity index (χ2n) is 2.80. The second kappa shape index (κ2) is 3.27. The number of thioether (sulfide) groups is 1. The van der Waals surface area contributed by atoms with Gasteiger partial charge in [0.15, 0.2) is 0 Å². The molecule has 1 aliphatic carbocycles. The van der Waals surface area contributed by atoms with E-state index in [1.54, 1.807) is 0 Å². The molecule has 0 unspecified atom stereocenters. The van der Waals surface area contributed by atoms with Crippen molar-refractivity contribution in [2.24, 2.45) is 0 Å². The lowest BCUT2D eigenvalue weighted by atomic mass is 10.1. The quantitative estimate of drug-likeness (QED) is 0.722. The van der Waals surface area contributed by atoms with Crippen LogP contribution in [0.15, 0.2) is 27.6 Å². The highest BCUT2D eigenvalue weighted by atomic mass is 79.9. The van der Waals surface area contributed by atoms with E-state index in [2.05, 4.69) is 46.5 Å². The van der Waals surface area contributed by atoms with Crippen LogP contribution in [-0.4, -0.2) is 6.26 Å². The minimum atomic E-state index is 1.11. The molecule has 12 heavy (non-hydrogen) atoms. The van der Waals surface area contributed by atoms with Crippen molar-refractivity contribution in [3.8, 4) is 0 Å². The lowest BCUT2D eigenvalue weighted by molar-refractivity contribution is 1.29. The zero-order chi connectivity index (χ0) is 8.55. The maximum absolute atomic E-state index is 3.55. The Morgan fingerprint density at radius 1 is 1.42 bits per heavy atom. The molecule has 2 heteroatoms. The van der Waals surface area contributed by atoms with Gasteiger partial charge in [-0.25, -0.2) is 0 Å². The Bertz CT molecular complexity index is 342. The number of fused-ring (bicyclic) bond motifs is 1. The van der Waals surface area contributed by atoms with Crippen LogP contribution in [0.2, 0.25) is 0 Å². The molecule has 0 amide bonds. The molecule has 0 N–H and O–H groups in total. The third kappa shape index (κ3) is 1.34. The molecule has 0 heterocycles. The van der Waals surface area contributed by atoms with Gasteiger partial charge in [0, 0.05) is 10.9 Å². The van der Waals surface area contributed by atoms with Gasteiger partial charge < -0.3 is 0 Å². The zero-order valence-electron chi connectivity index (χ0n) is 6.80. The van der Waals surface area contributed by atoms with Crippen LogP contribution in [0.3, 0.4) is 0 Å². The molecule has 0 aromatic heterocycles. The molecule has 1 aliphatic rings. The molecule has 0 saturated heterocycles. The normalized spacial score (nSPS) is 14.3. The van der Waals surface area contributed by atoms with Crippen molar-refractivity contribution in [2.75, 3.05) is 6.26 Å². The number of allylic oxidation sites excluding steroid dienone is 1. The summed E-state index contributed by atoms with van der Waals surface area (Å²) in [6, 6.07) is 6.39. The van der Waals surface area contributed by atoms with Crippen LogP contribution in [0.5, 0.6) is 0 Å². The maximum Gasteiger partial charge on any atom is 0.0250 e. The van der Waals surface area contributed by atoms with Crippen molar-refractivity contribution in [3.05, 3.63) is 38.7 Å². The lowest BCUT2D eigenvalue weighted by Crippen LogP contribution is -1.81. The first-order chi connectivity index (χ1) is 5.81. The lowest BCUT2D eigenvalue weighted by Gasteiger charge is -1.98. The molecular weight excluding hydrogens is 232 g/mol. The van der Waals surface area contributed by atoms with Gasteiger partial charge in [0.2, 0.25) is 0 Å². The average Bonchev–Trinajstić information content (AvgIpc) is 2.49. The van der Waals surface area contributed by atoms with Gasteiger partial charge in [0.05, 0.1) is 0 Å². The first-order valence-corrected chi connectivity index (χ1v) is 5.85. The monoisotopic (exact) mass is 240 g/mol. The van der Waals surface area contributed by atoms with Crippen LogP contribution >= 0.6 is 27.7 Å². The SMILES string of the molecule is CSC1=Cc2c(Br)cccc2C1. The fourth-order valence-corrected chi connectivity index (χ4v) is 2.49. The Kier molecular flexibility index (Phi) is 2.28. The third-order valence-corrected chi connectivity index (χ3v) is 3.55. The summed E-state index contributed by atoms with van der Waals surface area (Å²) in [5.74, 6) is 0. The van der Waals surface area contributed by atoms with E-state index in [0.29, 0.717) is 0 Å². The number of benzene rings is 1. The molecule has 0 aliphatic heterocycles. The van der Waals surface area contributed by atoms with Gasteiger partial charge in [-0.2, -0.15) is 0 Å². The predicted octanol–water partition coefficient (Wildman–Crippen LogP) is 3.71. The Labute approximate surface area is 85.2 Å². The van der Waals surface area contributed by atoms with Crippen molar-refractivity contribution in [2.45, 2.75) is 6.42 Å². The highest BCUT2D eigenvalue weighted by molar-refractivity contribution is 9.10. The first kappa shape index (κ1) is 8.39. The van der Waals surface area contributed by atoms with Crippen molar-refractivity contribution in [1.29, 1.82) is 0 Å². The molecule has 0 atom stereocenters. The molecule has 1 aromatic rings. The maximum atomic E-state index is 3.55. The molecular formula is C10H9BrS. The van der Waals surface area contributed by atoms with E-state index in [0.717, 1.165) is 6.42 Å². The van der Waals surface area contributed by atoms with Gasteiger partial charge >= 0.3 is 0 Å². The number of rotatable bonds is 1. The molecule has 0 fully saturated rings. The molecule has 0 spiro atoms. The molecule has 0 radical (unpaired) electrons. The highest BCUT2D eigenvalue weighted by Gasteiger charge is 2.13. The molecule has 2 rings (SSSR count). The van der Waals surface area contributed by atoms with Crippen LogP contribution in [0.25, 0.3) is 6.08 Å². The zero-order valence-corrected chi connectivity index (χ0v) is 9.21. The van der Waals surface area contributed by atoms with Crippen LogP contribution in [0.1, 0.15) is 11.1 Å². The highest BCUT2D eigenvalue weighted by Crippen LogP contribution is 2.34. The summed E-state index contributed by atoms with van der Waals surface area (Å²) in [4.78, 5) is 1.46. The molecule has 62 valence electrons. The summed E-state index contributed by atoms with van der Waals surface area (Å²) in [5, 5.41) is 0. The summed E-state index contributed by atoms with van der Waals surface area (Å²) in [6.45, 7) is 0. The van der Waals surface area contributed by atoms with E-state index >= 15 is 0 Å². The minimum Gasteiger partial charge on any atom is -0.134 e. The first-order valence-electron chi connectivity index (χ1n) is 3.83. The topological polar surface area (TPSA) is 0 Å². The fourth-order valence-electron chi connectivity index (χ4n) is 1.43. The molecule has 0 saturated carbocycles. The largest absolute Gasteiger partial charge is 0.134 e. The smallest absolute Gasteiger partial charge is 0.0250 e. The van der Waals surface area contributed by atoms with Crippen molar-refractivity contribution in [3.63, 3.8) is 0 Å². The number of hydrogen-bond donors (Lipinski definition) is 0. The van der Waals surface area contributed by atoms with Gasteiger partial charge in [0.1, 0.15) is 0 Å². The Balaban J connectivity index is 2.48. The summed E-state index contributed by atoms with van der Waals surface area (Å²) in [5.41, 5.74) is 2.80. The Hall–Kier alpha value is -0.210. The van der Waals surface area contributed by atoms with E-state index in [4.69, 9.17) is 0 Å². The standard InChI is InChI=1S/C10H9BrS/c1-12-8-5-7-3-2-4-10(11)9(7)6-8/h2-4,6H,5H2,1H3. The second-order valence-corrected chi connectivity index (χ2v) is 4.59. The van der Waals surface area contributed by atoms with Crippen LogP contribution in [0, 0.1) is 0 Å². The van der Waals surface area contributed by atoms with Gasteiger partial charge in [-0.1, -0.05) is 28.1 Å². The Morgan fingerprint density at radius 2 is 2.25 bits per heavy atom. The summed E-state index contributed by atoms with van der Waals surface area (Å²) >= 11 is 5.39. The van der Waals surface area contributed by atoms with Crippen LogP contribution < -0.4 is 0 Å². The molecule has 0 nitrogen and oxygen atoms in total. The van der Waals surface area contributed by atoms with Gasteiger partial charge in [-0.15, -0.1) is 11.8 Å². The van der Waals surface area contributed by atoms with Crippen molar-refractivity contribution < 1.29 is 0 Å². The predicted molar refractivity (Wildman–Crippen MR) is 59.3 cm³/mol. The van der Waals surface area contributed by atoms with E-state index in [9.17, 15) is 0 Å². The Morgan fingerprint density at radius 3 is 2.92 bits per heavy atom. The van der Waals surface area contributed by atoms with Gasteiger partial charge in [-0.05, 0) is 34.4 Å². The van der Waals surface area contributed by atoms with Crippen LogP contribution in [0.4, 0.5) is 0 Å². The third-order valence-electron chi connectivity index (χ3n) is 2.08. The summed E-state index contributed by atoms with van der Waals surface area (Å²) in [6.07, 6.45) is 5.51. The number of hydrogen-bond acceptors (Lipinski definition) is 1. The van der Waals surface area contributed by atoms with Crippen molar-refractivity contribution in [1.82, 2.24) is 0 Å². The van der Waals surface area contributed by atoms with Gasteiger partial charge in [0.25, 0.3) is 0 Å². The fraction of sp³-hybridized carbons (Fsp3) is 0.200. The van der Waals surface area contributed by atoms with E-state index in [1.165, 1.54) is 20.5 Å². The van der Waals surface area contributed by atoms with Gasteiger partial charge in [-0.3, -0.25) is 0 Å².